The van der Waals surface area contributed by atoms with Gasteiger partial charge in [0.05, 0.1) is 17.2 Å². The standard InChI is InChI=1S/C15H17F3N2O.ClH/c1-3-9-6-10-12(11(7-9)15(16,17)18)14(21)20-5-4-19-8(2)13(10)20;/h6-8,13,19H,3-5H2,1-2H3;1H/t8-,13-;/m0./s1. The van der Waals surface area contributed by atoms with Gasteiger partial charge in [-0.25, -0.2) is 0 Å². The monoisotopic (exact) mass is 334 g/mol. The van der Waals surface area contributed by atoms with E-state index in [1.807, 2.05) is 13.8 Å². The van der Waals surface area contributed by atoms with Gasteiger partial charge in [0.2, 0.25) is 0 Å². The lowest BCUT2D eigenvalue weighted by atomic mass is 9.92. The molecule has 0 bridgehead atoms. The molecule has 1 aromatic rings. The molecule has 0 unspecified atom stereocenters. The second-order valence-electron chi connectivity index (χ2n) is 5.65. The summed E-state index contributed by atoms with van der Waals surface area (Å²) in [5.74, 6) is -0.488. The largest absolute Gasteiger partial charge is 0.417 e. The van der Waals surface area contributed by atoms with Crippen molar-refractivity contribution in [1.29, 1.82) is 0 Å². The second kappa shape index (κ2) is 5.74. The van der Waals surface area contributed by atoms with E-state index in [0.29, 0.717) is 30.6 Å². The summed E-state index contributed by atoms with van der Waals surface area (Å²) < 4.78 is 40.0. The van der Waals surface area contributed by atoms with E-state index < -0.39 is 17.6 Å². The number of halogens is 4. The molecule has 0 aliphatic carbocycles. The zero-order valence-corrected chi connectivity index (χ0v) is 13.1. The molecule has 2 heterocycles. The smallest absolute Gasteiger partial charge is 0.329 e. The lowest BCUT2D eigenvalue weighted by Crippen LogP contribution is -2.50. The first-order chi connectivity index (χ1) is 9.84. The predicted octanol–water partition coefficient (Wildman–Crippen LogP) is 3.18. The zero-order valence-electron chi connectivity index (χ0n) is 12.3. The molecule has 0 radical (unpaired) electrons. The molecule has 1 fully saturated rings. The van der Waals surface area contributed by atoms with Crippen LogP contribution in [0.15, 0.2) is 12.1 Å². The SMILES string of the molecule is CCc1cc2c(c(C(F)(F)F)c1)C(=O)N1CCN[C@@H](C)[C@@H]21.Cl. The van der Waals surface area contributed by atoms with Crippen molar-refractivity contribution in [1.82, 2.24) is 10.2 Å². The predicted molar refractivity (Wildman–Crippen MR) is 79.3 cm³/mol. The Hall–Kier alpha value is -1.27. The van der Waals surface area contributed by atoms with Gasteiger partial charge < -0.3 is 10.2 Å². The van der Waals surface area contributed by atoms with E-state index in [-0.39, 0.29) is 30.1 Å². The third-order valence-electron chi connectivity index (χ3n) is 4.36. The highest BCUT2D eigenvalue weighted by Gasteiger charge is 2.47. The number of nitrogens with one attached hydrogen (secondary N) is 1. The molecule has 1 N–H and O–H groups in total. The van der Waals surface area contributed by atoms with Crippen molar-refractivity contribution >= 4 is 18.3 Å². The summed E-state index contributed by atoms with van der Waals surface area (Å²) in [5, 5.41) is 3.24. The number of piperazine rings is 1. The molecule has 0 aromatic heterocycles. The third kappa shape index (κ3) is 2.48. The van der Waals surface area contributed by atoms with Crippen molar-refractivity contribution in [3.8, 4) is 0 Å². The van der Waals surface area contributed by atoms with Crippen molar-refractivity contribution in [3.63, 3.8) is 0 Å². The Morgan fingerprint density at radius 1 is 1.36 bits per heavy atom. The lowest BCUT2D eigenvalue weighted by Gasteiger charge is -2.36. The molecule has 1 aromatic carbocycles. The number of rotatable bonds is 1. The van der Waals surface area contributed by atoms with Gasteiger partial charge in [0.1, 0.15) is 0 Å². The van der Waals surface area contributed by atoms with Crippen LogP contribution in [-0.2, 0) is 12.6 Å². The highest BCUT2D eigenvalue weighted by Crippen LogP contribution is 2.44. The maximum Gasteiger partial charge on any atom is 0.417 e. The van der Waals surface area contributed by atoms with Crippen molar-refractivity contribution in [2.45, 2.75) is 38.5 Å². The van der Waals surface area contributed by atoms with E-state index in [2.05, 4.69) is 5.32 Å². The van der Waals surface area contributed by atoms with Gasteiger partial charge in [-0.2, -0.15) is 13.2 Å². The average Bonchev–Trinajstić information content (AvgIpc) is 2.71. The number of carbonyl (C=O) groups excluding carboxylic acids is 1. The van der Waals surface area contributed by atoms with Gasteiger partial charge in [-0.3, -0.25) is 4.79 Å². The summed E-state index contributed by atoms with van der Waals surface area (Å²) in [6.07, 6.45) is -3.99. The zero-order chi connectivity index (χ0) is 15.4. The Kier molecular flexibility index (Phi) is 4.46. The fraction of sp³-hybridized carbons (Fsp3) is 0.533. The quantitative estimate of drug-likeness (QED) is 0.855. The van der Waals surface area contributed by atoms with Gasteiger partial charge in [-0.1, -0.05) is 13.0 Å². The number of fused-ring (bicyclic) bond motifs is 3. The molecule has 3 rings (SSSR count). The van der Waals surface area contributed by atoms with Crippen LogP contribution in [0.3, 0.4) is 0 Å². The summed E-state index contributed by atoms with van der Waals surface area (Å²) >= 11 is 0. The van der Waals surface area contributed by atoms with Crippen LogP contribution in [0.2, 0.25) is 0 Å². The Bertz CT molecular complexity index is 603. The minimum atomic E-state index is -4.50. The van der Waals surface area contributed by atoms with Gasteiger partial charge in [-0.05, 0) is 30.5 Å². The number of hydrogen-bond donors (Lipinski definition) is 1. The molecule has 3 nitrogen and oxygen atoms in total. The first-order valence-corrected chi connectivity index (χ1v) is 7.13. The fourth-order valence-corrected chi connectivity index (χ4v) is 3.37. The molecule has 0 spiro atoms. The average molecular weight is 335 g/mol. The highest BCUT2D eigenvalue weighted by atomic mass is 35.5. The van der Waals surface area contributed by atoms with E-state index in [9.17, 15) is 18.0 Å². The van der Waals surface area contributed by atoms with Gasteiger partial charge in [-0.15, -0.1) is 12.4 Å². The van der Waals surface area contributed by atoms with Gasteiger partial charge >= 0.3 is 6.18 Å². The molecule has 122 valence electrons. The van der Waals surface area contributed by atoms with Crippen LogP contribution < -0.4 is 5.32 Å². The molecule has 7 heteroatoms. The molecule has 2 aliphatic rings. The van der Waals surface area contributed by atoms with Crippen molar-refractivity contribution in [2.24, 2.45) is 0 Å². The number of aryl methyl sites for hydroxylation is 1. The van der Waals surface area contributed by atoms with Crippen molar-refractivity contribution < 1.29 is 18.0 Å². The number of nitrogens with zero attached hydrogens (tertiary/aromatic N) is 1. The number of amides is 1. The minimum Gasteiger partial charge on any atom is -0.329 e. The molecule has 1 amide bonds. The maximum absolute atomic E-state index is 13.3. The van der Waals surface area contributed by atoms with Crippen LogP contribution in [0.25, 0.3) is 0 Å². The highest BCUT2D eigenvalue weighted by molar-refractivity contribution is 6.01. The third-order valence-corrected chi connectivity index (χ3v) is 4.36. The summed E-state index contributed by atoms with van der Waals surface area (Å²) in [5.41, 5.74) is 0.198. The normalized spacial score (nSPS) is 23.9. The molecule has 0 saturated carbocycles. The summed E-state index contributed by atoms with van der Waals surface area (Å²) in [6.45, 7) is 4.78. The van der Waals surface area contributed by atoms with E-state index in [4.69, 9.17) is 0 Å². The van der Waals surface area contributed by atoms with Crippen LogP contribution >= 0.6 is 12.4 Å². The maximum atomic E-state index is 13.3. The Labute approximate surface area is 133 Å². The number of alkyl halides is 3. The van der Waals surface area contributed by atoms with E-state index in [0.717, 1.165) is 6.07 Å². The molecule has 1 saturated heterocycles. The first kappa shape index (κ1) is 17.1. The van der Waals surface area contributed by atoms with E-state index >= 15 is 0 Å². The van der Waals surface area contributed by atoms with E-state index in [1.165, 1.54) is 0 Å². The minimum absolute atomic E-state index is 0. The first-order valence-electron chi connectivity index (χ1n) is 7.13. The van der Waals surface area contributed by atoms with Crippen LogP contribution in [0, 0.1) is 0 Å². The van der Waals surface area contributed by atoms with E-state index in [1.54, 1.807) is 11.0 Å². The van der Waals surface area contributed by atoms with Crippen LogP contribution in [0.1, 0.15) is 46.9 Å². The Balaban J connectivity index is 0.00000176. The summed E-state index contributed by atoms with van der Waals surface area (Å²) in [4.78, 5) is 14.0. The number of hydrogen-bond acceptors (Lipinski definition) is 2. The molecular formula is C15H18ClF3N2O. The van der Waals surface area contributed by atoms with Crippen molar-refractivity contribution in [3.05, 3.63) is 34.4 Å². The Morgan fingerprint density at radius 2 is 2.05 bits per heavy atom. The topological polar surface area (TPSA) is 32.3 Å². The van der Waals surface area contributed by atoms with Crippen LogP contribution in [0.5, 0.6) is 0 Å². The van der Waals surface area contributed by atoms with Gasteiger partial charge in [0, 0.05) is 19.1 Å². The summed E-state index contributed by atoms with van der Waals surface area (Å²) in [7, 11) is 0. The number of benzene rings is 1. The lowest BCUT2D eigenvalue weighted by molar-refractivity contribution is -0.138. The number of carbonyl (C=O) groups is 1. The van der Waals surface area contributed by atoms with Gasteiger partial charge in [0.15, 0.2) is 0 Å². The van der Waals surface area contributed by atoms with Crippen LogP contribution in [-0.4, -0.2) is 29.9 Å². The van der Waals surface area contributed by atoms with Crippen LogP contribution in [0.4, 0.5) is 13.2 Å². The Morgan fingerprint density at radius 3 is 2.64 bits per heavy atom. The fourth-order valence-electron chi connectivity index (χ4n) is 3.37. The molecular weight excluding hydrogens is 317 g/mol. The molecule has 2 aliphatic heterocycles. The summed E-state index contributed by atoms with van der Waals surface area (Å²) in [6, 6.07) is 2.54. The van der Waals surface area contributed by atoms with Crippen molar-refractivity contribution in [2.75, 3.05) is 13.1 Å². The second-order valence-corrected chi connectivity index (χ2v) is 5.65. The molecule has 22 heavy (non-hydrogen) atoms. The van der Waals surface area contributed by atoms with Gasteiger partial charge in [0.25, 0.3) is 5.91 Å². The molecule has 2 atom stereocenters.